The number of carbonyl (C=O) groups excluding carboxylic acids is 2. The maximum absolute atomic E-state index is 12.0. The molecule has 2 aromatic carbocycles. The summed E-state index contributed by atoms with van der Waals surface area (Å²) in [6.07, 6.45) is -4.43. The van der Waals surface area contributed by atoms with Crippen LogP contribution in [0, 0.1) is 0 Å². The summed E-state index contributed by atoms with van der Waals surface area (Å²) in [6.45, 7) is -1.36. The summed E-state index contributed by atoms with van der Waals surface area (Å²) in [5.74, 6) is -0.940. The summed E-state index contributed by atoms with van der Waals surface area (Å²) in [4.78, 5) is 23.5. The average molecular weight is 385 g/mol. The zero-order valence-corrected chi connectivity index (χ0v) is 14.3. The van der Waals surface area contributed by atoms with E-state index >= 15 is 0 Å². The van der Waals surface area contributed by atoms with Gasteiger partial charge in [0.1, 0.15) is 6.54 Å². The maximum atomic E-state index is 12.0. The highest BCUT2D eigenvalue weighted by Crippen LogP contribution is 2.14. The molecule has 2 amide bonds. The Balaban J connectivity index is 1.83. The summed E-state index contributed by atoms with van der Waals surface area (Å²) < 4.78 is 36.1. The van der Waals surface area contributed by atoms with Crippen molar-refractivity contribution in [1.82, 2.24) is 5.32 Å². The third-order valence-corrected chi connectivity index (χ3v) is 3.62. The van der Waals surface area contributed by atoms with E-state index in [1.807, 2.05) is 0 Å². The zero-order chi connectivity index (χ0) is 19.2. The summed E-state index contributed by atoms with van der Waals surface area (Å²) >= 11 is 5.79. The van der Waals surface area contributed by atoms with Gasteiger partial charge in [0.05, 0.1) is 12.8 Å². The molecule has 2 rings (SSSR count). The first-order chi connectivity index (χ1) is 12.2. The second-order valence-electron chi connectivity index (χ2n) is 5.62. The summed E-state index contributed by atoms with van der Waals surface area (Å²) in [6, 6.07) is 13.2. The van der Waals surface area contributed by atoms with E-state index in [1.54, 1.807) is 53.8 Å². The fourth-order valence-corrected chi connectivity index (χ4v) is 2.27. The molecule has 8 heteroatoms. The summed E-state index contributed by atoms with van der Waals surface area (Å²) in [5.41, 5.74) is 1.88. The van der Waals surface area contributed by atoms with Gasteiger partial charge in [-0.25, -0.2) is 0 Å². The molecule has 0 saturated carbocycles. The minimum Gasteiger partial charge on any atom is -0.347 e. The number of rotatable bonds is 6. The van der Waals surface area contributed by atoms with Crippen LogP contribution in [0.2, 0.25) is 5.02 Å². The lowest BCUT2D eigenvalue weighted by atomic mass is 10.1. The zero-order valence-electron chi connectivity index (χ0n) is 13.6. The first kappa shape index (κ1) is 19.8. The number of carbonyl (C=O) groups is 2. The first-order valence-electron chi connectivity index (χ1n) is 7.68. The predicted octanol–water partition coefficient (Wildman–Crippen LogP) is 3.74. The normalized spacial score (nSPS) is 11.1. The van der Waals surface area contributed by atoms with Crippen molar-refractivity contribution in [2.75, 3.05) is 11.9 Å². The van der Waals surface area contributed by atoms with Gasteiger partial charge in [-0.05, 0) is 35.4 Å². The van der Waals surface area contributed by atoms with Crippen molar-refractivity contribution in [3.05, 3.63) is 64.7 Å². The van der Waals surface area contributed by atoms with Crippen LogP contribution in [0.4, 0.5) is 18.9 Å². The molecule has 0 aliphatic carbocycles. The Hall–Kier alpha value is -2.54. The molecule has 0 aliphatic heterocycles. The third-order valence-electron chi connectivity index (χ3n) is 3.37. The Bertz CT molecular complexity index is 760. The Labute approximate surface area is 153 Å². The lowest BCUT2D eigenvalue weighted by Gasteiger charge is -2.09. The van der Waals surface area contributed by atoms with Gasteiger partial charge in [-0.3, -0.25) is 9.59 Å². The number of amides is 2. The number of alkyl halides is 3. The van der Waals surface area contributed by atoms with E-state index in [4.69, 9.17) is 11.6 Å². The molecule has 26 heavy (non-hydrogen) atoms. The largest absolute Gasteiger partial charge is 0.405 e. The monoisotopic (exact) mass is 384 g/mol. The molecule has 0 spiro atoms. The molecule has 0 aromatic heterocycles. The number of halogens is 4. The Morgan fingerprint density at radius 3 is 1.88 bits per heavy atom. The standard InChI is InChI=1S/C18H16ClF3N2O2/c19-14-5-1-12(2-6-14)10-17(26)24-15-7-3-13(4-8-15)9-16(25)23-11-18(20,21)22/h1-8H,9-11H2,(H,23,25)(H,24,26). The van der Waals surface area contributed by atoms with Crippen LogP contribution in [0.25, 0.3) is 0 Å². The number of hydrogen-bond acceptors (Lipinski definition) is 2. The molecule has 2 N–H and O–H groups in total. The Kier molecular flexibility index (Phi) is 6.63. The molecule has 4 nitrogen and oxygen atoms in total. The number of anilines is 1. The van der Waals surface area contributed by atoms with Crippen LogP contribution in [0.1, 0.15) is 11.1 Å². The van der Waals surface area contributed by atoms with Gasteiger partial charge in [0, 0.05) is 10.7 Å². The van der Waals surface area contributed by atoms with Crippen molar-refractivity contribution >= 4 is 29.1 Å². The van der Waals surface area contributed by atoms with Crippen LogP contribution in [-0.4, -0.2) is 24.5 Å². The van der Waals surface area contributed by atoms with Gasteiger partial charge < -0.3 is 10.6 Å². The van der Waals surface area contributed by atoms with Crippen LogP contribution in [0.5, 0.6) is 0 Å². The van der Waals surface area contributed by atoms with Crippen molar-refractivity contribution in [3.8, 4) is 0 Å². The quantitative estimate of drug-likeness (QED) is 0.797. The van der Waals surface area contributed by atoms with Gasteiger partial charge in [0.25, 0.3) is 0 Å². The molecule has 138 valence electrons. The summed E-state index contributed by atoms with van der Waals surface area (Å²) in [5, 5.41) is 5.10. The SMILES string of the molecule is O=C(Cc1ccc(NC(=O)Cc2ccc(Cl)cc2)cc1)NCC(F)(F)F. The maximum Gasteiger partial charge on any atom is 0.405 e. The third kappa shape index (κ3) is 7.14. The molecule has 0 saturated heterocycles. The number of hydrogen-bond donors (Lipinski definition) is 2. The van der Waals surface area contributed by atoms with Gasteiger partial charge in [-0.15, -0.1) is 0 Å². The minimum atomic E-state index is -4.44. The van der Waals surface area contributed by atoms with Gasteiger partial charge in [-0.2, -0.15) is 13.2 Å². The van der Waals surface area contributed by atoms with Crippen molar-refractivity contribution in [2.45, 2.75) is 19.0 Å². The Morgan fingerprint density at radius 2 is 1.35 bits per heavy atom. The molecule has 0 radical (unpaired) electrons. The lowest BCUT2D eigenvalue weighted by molar-refractivity contribution is -0.138. The second kappa shape index (κ2) is 8.71. The summed E-state index contributed by atoms with van der Waals surface area (Å²) in [7, 11) is 0. The van der Waals surface area contributed by atoms with E-state index in [-0.39, 0.29) is 18.7 Å². The fourth-order valence-electron chi connectivity index (χ4n) is 2.15. The Morgan fingerprint density at radius 1 is 0.846 bits per heavy atom. The fraction of sp³-hybridized carbons (Fsp3) is 0.222. The van der Waals surface area contributed by atoms with Crippen molar-refractivity contribution in [2.24, 2.45) is 0 Å². The van der Waals surface area contributed by atoms with Crippen LogP contribution >= 0.6 is 11.6 Å². The van der Waals surface area contributed by atoms with Crippen LogP contribution < -0.4 is 10.6 Å². The molecule has 0 fully saturated rings. The number of benzene rings is 2. The molecule has 0 unspecified atom stereocenters. The molecule has 0 aliphatic rings. The van der Waals surface area contributed by atoms with Gasteiger partial charge >= 0.3 is 6.18 Å². The van der Waals surface area contributed by atoms with Gasteiger partial charge in [0.2, 0.25) is 11.8 Å². The van der Waals surface area contributed by atoms with E-state index in [2.05, 4.69) is 5.32 Å². The highest BCUT2D eigenvalue weighted by Gasteiger charge is 2.27. The van der Waals surface area contributed by atoms with Crippen molar-refractivity contribution < 1.29 is 22.8 Å². The average Bonchev–Trinajstić information content (AvgIpc) is 2.56. The minimum absolute atomic E-state index is 0.172. The highest BCUT2D eigenvalue weighted by atomic mass is 35.5. The topological polar surface area (TPSA) is 58.2 Å². The first-order valence-corrected chi connectivity index (χ1v) is 8.06. The molecular formula is C18H16ClF3N2O2. The second-order valence-corrected chi connectivity index (χ2v) is 6.05. The van der Waals surface area contributed by atoms with Crippen molar-refractivity contribution in [1.29, 1.82) is 0 Å². The van der Waals surface area contributed by atoms with E-state index in [0.29, 0.717) is 16.3 Å². The van der Waals surface area contributed by atoms with E-state index < -0.39 is 18.6 Å². The van der Waals surface area contributed by atoms with Crippen LogP contribution in [0.15, 0.2) is 48.5 Å². The van der Waals surface area contributed by atoms with E-state index in [1.165, 1.54) is 0 Å². The highest BCUT2D eigenvalue weighted by molar-refractivity contribution is 6.30. The molecule has 0 heterocycles. The number of nitrogens with one attached hydrogen (secondary N) is 2. The van der Waals surface area contributed by atoms with Gasteiger partial charge in [-0.1, -0.05) is 35.9 Å². The molecule has 2 aromatic rings. The van der Waals surface area contributed by atoms with Crippen LogP contribution in [-0.2, 0) is 22.4 Å². The van der Waals surface area contributed by atoms with Crippen LogP contribution in [0.3, 0.4) is 0 Å². The molecule has 0 atom stereocenters. The predicted molar refractivity (Wildman–Crippen MR) is 93.0 cm³/mol. The molecule has 0 bridgehead atoms. The molecular weight excluding hydrogens is 369 g/mol. The van der Waals surface area contributed by atoms with Gasteiger partial charge in [0.15, 0.2) is 0 Å². The van der Waals surface area contributed by atoms with E-state index in [0.717, 1.165) is 5.56 Å². The lowest BCUT2D eigenvalue weighted by Crippen LogP contribution is -2.34. The van der Waals surface area contributed by atoms with E-state index in [9.17, 15) is 22.8 Å². The van der Waals surface area contributed by atoms with Crippen molar-refractivity contribution in [3.63, 3.8) is 0 Å². The smallest absolute Gasteiger partial charge is 0.347 e.